The molecule has 1 N–H and O–H groups in total. The molecule has 2 amide bonds. The summed E-state index contributed by atoms with van der Waals surface area (Å²) in [4.78, 5) is 28.3. The Morgan fingerprint density at radius 1 is 0.897 bits per heavy atom. The molecule has 0 bridgehead atoms. The SMILES string of the molecule is Cc1ccc(CN(C(=O)CN(c2cccc(Cl)c2Cl)S(=O)(=O)c2ccccc2)C(C)C(=O)NCC(C)C)cc1. The first kappa shape index (κ1) is 30.5. The fraction of sp³-hybridized carbons (Fsp3) is 0.310. The number of aryl methyl sites for hydroxylation is 1. The van der Waals surface area contributed by atoms with Crippen LogP contribution in [-0.4, -0.2) is 44.3 Å². The highest BCUT2D eigenvalue weighted by Gasteiger charge is 2.33. The Morgan fingerprint density at radius 2 is 1.54 bits per heavy atom. The molecule has 3 aromatic carbocycles. The number of hydrogen-bond donors (Lipinski definition) is 1. The molecular formula is C29H33Cl2N3O4S. The van der Waals surface area contributed by atoms with Gasteiger partial charge in [0.15, 0.2) is 0 Å². The number of hydrogen-bond acceptors (Lipinski definition) is 4. The zero-order chi connectivity index (χ0) is 28.7. The Kier molecular flexibility index (Phi) is 10.4. The summed E-state index contributed by atoms with van der Waals surface area (Å²) in [5.41, 5.74) is 1.92. The third-order valence-electron chi connectivity index (χ3n) is 6.14. The number of rotatable bonds is 11. The minimum absolute atomic E-state index is 0.000665. The lowest BCUT2D eigenvalue weighted by Gasteiger charge is -2.32. The van der Waals surface area contributed by atoms with E-state index in [1.54, 1.807) is 31.2 Å². The lowest BCUT2D eigenvalue weighted by molar-refractivity contribution is -0.139. The van der Waals surface area contributed by atoms with Gasteiger partial charge in [-0.2, -0.15) is 0 Å². The number of carbonyl (C=O) groups is 2. The Balaban J connectivity index is 2.04. The Morgan fingerprint density at radius 3 is 2.15 bits per heavy atom. The molecule has 208 valence electrons. The monoisotopic (exact) mass is 589 g/mol. The second-order valence-electron chi connectivity index (χ2n) is 9.72. The molecule has 0 heterocycles. The van der Waals surface area contributed by atoms with Gasteiger partial charge in [0.1, 0.15) is 12.6 Å². The summed E-state index contributed by atoms with van der Waals surface area (Å²) >= 11 is 12.7. The summed E-state index contributed by atoms with van der Waals surface area (Å²) in [6.07, 6.45) is 0. The summed E-state index contributed by atoms with van der Waals surface area (Å²) < 4.78 is 28.6. The van der Waals surface area contributed by atoms with E-state index < -0.39 is 28.5 Å². The van der Waals surface area contributed by atoms with E-state index in [9.17, 15) is 18.0 Å². The van der Waals surface area contributed by atoms with Crippen LogP contribution >= 0.6 is 23.2 Å². The van der Waals surface area contributed by atoms with Gasteiger partial charge < -0.3 is 10.2 Å². The van der Waals surface area contributed by atoms with Crippen molar-refractivity contribution < 1.29 is 18.0 Å². The first-order chi connectivity index (χ1) is 18.4. The fourth-order valence-electron chi connectivity index (χ4n) is 3.84. The maximum absolute atomic E-state index is 13.9. The van der Waals surface area contributed by atoms with Crippen molar-refractivity contribution in [3.8, 4) is 0 Å². The molecule has 3 aromatic rings. The summed E-state index contributed by atoms with van der Waals surface area (Å²) in [5.74, 6) is -0.681. The average molecular weight is 591 g/mol. The summed E-state index contributed by atoms with van der Waals surface area (Å²) in [6, 6.07) is 19.1. The third-order valence-corrected chi connectivity index (χ3v) is 8.72. The third kappa shape index (κ3) is 7.75. The van der Waals surface area contributed by atoms with E-state index in [1.165, 1.54) is 29.2 Å². The first-order valence-corrected chi connectivity index (χ1v) is 14.8. The molecule has 1 atom stereocenters. The van der Waals surface area contributed by atoms with Crippen LogP contribution in [0.4, 0.5) is 5.69 Å². The first-order valence-electron chi connectivity index (χ1n) is 12.6. The van der Waals surface area contributed by atoms with Crippen LogP contribution in [0, 0.1) is 12.8 Å². The van der Waals surface area contributed by atoms with Crippen LogP contribution in [0.1, 0.15) is 31.9 Å². The molecule has 0 aliphatic heterocycles. The van der Waals surface area contributed by atoms with Crippen molar-refractivity contribution in [3.05, 3.63) is 94.0 Å². The van der Waals surface area contributed by atoms with Gasteiger partial charge in [0, 0.05) is 13.1 Å². The molecule has 0 spiro atoms. The number of nitrogens with one attached hydrogen (secondary N) is 1. The summed E-state index contributed by atoms with van der Waals surface area (Å²) in [7, 11) is -4.23. The Bertz CT molecular complexity index is 1400. The molecule has 0 saturated carbocycles. The van der Waals surface area contributed by atoms with Crippen molar-refractivity contribution in [2.45, 2.75) is 45.2 Å². The van der Waals surface area contributed by atoms with Crippen molar-refractivity contribution in [2.24, 2.45) is 5.92 Å². The molecule has 3 rings (SSSR count). The van der Waals surface area contributed by atoms with Gasteiger partial charge in [-0.05, 0) is 49.6 Å². The quantitative estimate of drug-likeness (QED) is 0.311. The minimum atomic E-state index is -4.23. The topological polar surface area (TPSA) is 86.8 Å². The number of nitrogens with zero attached hydrogens (tertiary/aromatic N) is 2. The van der Waals surface area contributed by atoms with E-state index in [1.807, 2.05) is 45.0 Å². The van der Waals surface area contributed by atoms with Crippen LogP contribution < -0.4 is 9.62 Å². The molecule has 39 heavy (non-hydrogen) atoms. The van der Waals surface area contributed by atoms with E-state index in [0.29, 0.717) is 6.54 Å². The van der Waals surface area contributed by atoms with E-state index in [0.717, 1.165) is 15.4 Å². The van der Waals surface area contributed by atoms with Gasteiger partial charge in [-0.3, -0.25) is 13.9 Å². The predicted molar refractivity (Wildman–Crippen MR) is 156 cm³/mol. The maximum atomic E-state index is 13.9. The lowest BCUT2D eigenvalue weighted by Crippen LogP contribution is -2.51. The van der Waals surface area contributed by atoms with Crippen LogP contribution in [0.25, 0.3) is 0 Å². The molecule has 1 unspecified atom stereocenters. The number of benzene rings is 3. The maximum Gasteiger partial charge on any atom is 0.264 e. The highest BCUT2D eigenvalue weighted by Crippen LogP contribution is 2.35. The predicted octanol–water partition coefficient (Wildman–Crippen LogP) is 5.69. The van der Waals surface area contributed by atoms with Gasteiger partial charge in [0.2, 0.25) is 11.8 Å². The number of halogens is 2. The number of sulfonamides is 1. The van der Waals surface area contributed by atoms with Gasteiger partial charge in [0.25, 0.3) is 10.0 Å². The molecular weight excluding hydrogens is 557 g/mol. The molecule has 0 aromatic heterocycles. The van der Waals surface area contributed by atoms with Crippen molar-refractivity contribution in [2.75, 3.05) is 17.4 Å². The van der Waals surface area contributed by atoms with Gasteiger partial charge in [-0.1, -0.05) is 91.1 Å². The zero-order valence-corrected chi connectivity index (χ0v) is 24.7. The largest absolute Gasteiger partial charge is 0.354 e. The van der Waals surface area contributed by atoms with Crippen LogP contribution in [0.3, 0.4) is 0 Å². The molecule has 0 aliphatic carbocycles. The second kappa shape index (κ2) is 13.3. The summed E-state index contributed by atoms with van der Waals surface area (Å²) in [6.45, 7) is 7.49. The zero-order valence-electron chi connectivity index (χ0n) is 22.4. The van der Waals surface area contributed by atoms with E-state index in [2.05, 4.69) is 5.32 Å². The lowest BCUT2D eigenvalue weighted by atomic mass is 10.1. The fourth-order valence-corrected chi connectivity index (χ4v) is 5.74. The van der Waals surface area contributed by atoms with Crippen molar-refractivity contribution >= 4 is 50.7 Å². The van der Waals surface area contributed by atoms with Crippen molar-refractivity contribution in [1.29, 1.82) is 0 Å². The molecule has 10 heteroatoms. The standard InChI is InChI=1S/C29H33Cl2N3O4S/c1-20(2)17-32-29(36)22(4)33(18-23-15-13-21(3)14-16-23)27(35)19-34(26-12-8-11-25(30)28(26)31)39(37,38)24-9-6-5-7-10-24/h5-16,20,22H,17-19H2,1-4H3,(H,32,36). The highest BCUT2D eigenvalue weighted by molar-refractivity contribution is 7.92. The van der Waals surface area contributed by atoms with Crippen LogP contribution in [-0.2, 0) is 26.2 Å². The van der Waals surface area contributed by atoms with Crippen LogP contribution in [0.2, 0.25) is 10.0 Å². The molecule has 0 aliphatic rings. The second-order valence-corrected chi connectivity index (χ2v) is 12.4. The van der Waals surface area contributed by atoms with Crippen LogP contribution in [0.5, 0.6) is 0 Å². The highest BCUT2D eigenvalue weighted by atomic mass is 35.5. The molecule has 0 fully saturated rings. The van der Waals surface area contributed by atoms with Crippen LogP contribution in [0.15, 0.2) is 77.7 Å². The van der Waals surface area contributed by atoms with Gasteiger partial charge in [-0.25, -0.2) is 8.42 Å². The number of amides is 2. The molecule has 0 saturated heterocycles. The minimum Gasteiger partial charge on any atom is -0.354 e. The molecule has 7 nitrogen and oxygen atoms in total. The van der Waals surface area contributed by atoms with Gasteiger partial charge in [0.05, 0.1) is 20.6 Å². The number of anilines is 1. The van der Waals surface area contributed by atoms with Gasteiger partial charge in [-0.15, -0.1) is 0 Å². The number of carbonyl (C=O) groups excluding carboxylic acids is 2. The summed E-state index contributed by atoms with van der Waals surface area (Å²) in [5, 5.41) is 3.01. The van der Waals surface area contributed by atoms with E-state index in [4.69, 9.17) is 23.2 Å². The van der Waals surface area contributed by atoms with Crippen molar-refractivity contribution in [1.82, 2.24) is 10.2 Å². The van der Waals surface area contributed by atoms with Crippen molar-refractivity contribution in [3.63, 3.8) is 0 Å². The normalized spacial score (nSPS) is 12.2. The Hall–Kier alpha value is -3.07. The Labute approximate surface area is 240 Å². The van der Waals surface area contributed by atoms with E-state index >= 15 is 0 Å². The van der Waals surface area contributed by atoms with Gasteiger partial charge >= 0.3 is 0 Å². The molecule has 0 radical (unpaired) electrons. The van der Waals surface area contributed by atoms with E-state index in [-0.39, 0.29) is 39.0 Å². The average Bonchev–Trinajstić information content (AvgIpc) is 2.91. The smallest absolute Gasteiger partial charge is 0.264 e.